The van der Waals surface area contributed by atoms with E-state index in [1.165, 1.54) is 19.3 Å². The molecule has 0 aliphatic heterocycles. The molecule has 2 rings (SSSR count). The second-order valence-electron chi connectivity index (χ2n) is 5.00. The van der Waals surface area contributed by atoms with E-state index >= 15 is 0 Å². The lowest BCUT2D eigenvalue weighted by Gasteiger charge is -2.37. The quantitative estimate of drug-likeness (QED) is 0.551. The molecular formula is C14H20ClN3O. The Balaban J connectivity index is 2.09. The maximum Gasteiger partial charge on any atom is 0.122 e. The van der Waals surface area contributed by atoms with Crippen LogP contribution in [0.25, 0.3) is 0 Å². The Bertz CT molecular complexity index is 460. The van der Waals surface area contributed by atoms with Crippen molar-refractivity contribution in [1.82, 2.24) is 4.90 Å². The standard InChI is InChI=1S/C14H20ClN3O/c15-13-8-10(14(16)17)4-5-11(13)9-18(6-7-19)12-2-1-3-12/h4-5,8,12,19H,1-3,6-7,9H2,(H3,16,17). The molecule has 104 valence electrons. The predicted octanol–water partition coefficient (Wildman–Crippen LogP) is 1.97. The lowest BCUT2D eigenvalue weighted by Crippen LogP contribution is -2.41. The highest BCUT2D eigenvalue weighted by Gasteiger charge is 2.24. The van der Waals surface area contributed by atoms with Crippen LogP contribution in [0.4, 0.5) is 0 Å². The third-order valence-electron chi connectivity index (χ3n) is 3.72. The molecule has 19 heavy (non-hydrogen) atoms. The maximum absolute atomic E-state index is 9.15. The largest absolute Gasteiger partial charge is 0.395 e. The minimum Gasteiger partial charge on any atom is -0.395 e. The van der Waals surface area contributed by atoms with Gasteiger partial charge in [0.25, 0.3) is 0 Å². The molecule has 0 heterocycles. The van der Waals surface area contributed by atoms with Gasteiger partial charge in [-0.3, -0.25) is 10.3 Å². The van der Waals surface area contributed by atoms with Gasteiger partial charge in [0.2, 0.25) is 0 Å². The summed E-state index contributed by atoms with van der Waals surface area (Å²) in [5.74, 6) is 0.0275. The van der Waals surface area contributed by atoms with E-state index in [0.717, 1.165) is 12.1 Å². The highest BCUT2D eigenvalue weighted by atomic mass is 35.5. The average molecular weight is 282 g/mol. The molecule has 0 amide bonds. The molecule has 1 fully saturated rings. The van der Waals surface area contributed by atoms with Crippen molar-refractivity contribution in [2.45, 2.75) is 31.8 Å². The third-order valence-corrected chi connectivity index (χ3v) is 4.07. The first-order valence-electron chi connectivity index (χ1n) is 6.59. The summed E-state index contributed by atoms with van der Waals surface area (Å²) < 4.78 is 0. The van der Waals surface area contributed by atoms with Crippen molar-refractivity contribution >= 4 is 17.4 Å². The topological polar surface area (TPSA) is 73.3 Å². The molecular weight excluding hydrogens is 262 g/mol. The lowest BCUT2D eigenvalue weighted by molar-refractivity contribution is 0.0946. The Labute approximate surface area is 118 Å². The molecule has 4 nitrogen and oxygen atoms in total. The van der Waals surface area contributed by atoms with Crippen molar-refractivity contribution in [3.8, 4) is 0 Å². The fraction of sp³-hybridized carbons (Fsp3) is 0.500. The second-order valence-corrected chi connectivity index (χ2v) is 5.41. The smallest absolute Gasteiger partial charge is 0.122 e. The summed E-state index contributed by atoms with van der Waals surface area (Å²) in [6.45, 7) is 1.58. The summed E-state index contributed by atoms with van der Waals surface area (Å²) in [6.07, 6.45) is 3.66. The van der Waals surface area contributed by atoms with Crippen LogP contribution in [0, 0.1) is 5.41 Å². The van der Waals surface area contributed by atoms with Crippen LogP contribution in [-0.4, -0.2) is 35.0 Å². The number of rotatable bonds is 6. The van der Waals surface area contributed by atoms with Crippen molar-refractivity contribution in [3.05, 3.63) is 34.3 Å². The molecule has 5 heteroatoms. The Morgan fingerprint density at radius 1 is 1.47 bits per heavy atom. The number of nitrogens with two attached hydrogens (primary N) is 1. The van der Waals surface area contributed by atoms with Crippen LogP contribution in [0.1, 0.15) is 30.4 Å². The molecule has 0 radical (unpaired) electrons. The number of hydrogen-bond acceptors (Lipinski definition) is 3. The van der Waals surface area contributed by atoms with Crippen molar-refractivity contribution in [1.29, 1.82) is 5.41 Å². The van der Waals surface area contributed by atoms with Crippen LogP contribution in [0.2, 0.25) is 5.02 Å². The van der Waals surface area contributed by atoms with Gasteiger partial charge >= 0.3 is 0 Å². The van der Waals surface area contributed by atoms with Crippen molar-refractivity contribution in [2.75, 3.05) is 13.2 Å². The van der Waals surface area contributed by atoms with Gasteiger partial charge in [-0.15, -0.1) is 0 Å². The van der Waals surface area contributed by atoms with Gasteiger partial charge < -0.3 is 10.8 Å². The highest BCUT2D eigenvalue weighted by molar-refractivity contribution is 6.31. The Hall–Kier alpha value is -1.10. The van der Waals surface area contributed by atoms with E-state index in [9.17, 15) is 0 Å². The monoisotopic (exact) mass is 281 g/mol. The molecule has 0 atom stereocenters. The highest BCUT2D eigenvalue weighted by Crippen LogP contribution is 2.28. The Kier molecular flexibility index (Phi) is 4.80. The van der Waals surface area contributed by atoms with Crippen LogP contribution in [0.3, 0.4) is 0 Å². The summed E-state index contributed by atoms with van der Waals surface area (Å²) in [5.41, 5.74) is 7.11. The van der Waals surface area contributed by atoms with Crippen molar-refractivity contribution in [3.63, 3.8) is 0 Å². The second kappa shape index (κ2) is 6.37. The number of halogens is 1. The van der Waals surface area contributed by atoms with E-state index in [-0.39, 0.29) is 12.4 Å². The van der Waals surface area contributed by atoms with Gasteiger partial charge in [0.05, 0.1) is 6.61 Å². The van der Waals surface area contributed by atoms with Crippen LogP contribution in [0.5, 0.6) is 0 Å². The summed E-state index contributed by atoms with van der Waals surface area (Å²) in [6, 6.07) is 6.04. The lowest BCUT2D eigenvalue weighted by atomic mass is 9.91. The zero-order valence-corrected chi connectivity index (χ0v) is 11.7. The summed E-state index contributed by atoms with van der Waals surface area (Å²) in [5, 5.41) is 17.2. The van der Waals surface area contributed by atoms with Crippen molar-refractivity contribution in [2.24, 2.45) is 5.73 Å². The molecule has 0 spiro atoms. The first kappa shape index (κ1) is 14.3. The van der Waals surface area contributed by atoms with Crippen LogP contribution < -0.4 is 5.73 Å². The zero-order chi connectivity index (χ0) is 13.8. The normalized spacial score (nSPS) is 15.5. The van der Waals surface area contributed by atoms with E-state index in [1.807, 2.05) is 12.1 Å². The molecule has 1 aliphatic rings. The molecule has 1 aromatic carbocycles. The molecule has 0 unspecified atom stereocenters. The molecule has 1 saturated carbocycles. The molecule has 0 saturated heterocycles. The van der Waals surface area contributed by atoms with Crippen LogP contribution in [-0.2, 0) is 6.54 Å². The molecule has 4 N–H and O–H groups in total. The Morgan fingerprint density at radius 2 is 2.21 bits per heavy atom. The van der Waals surface area contributed by atoms with E-state index < -0.39 is 0 Å². The molecule has 1 aliphatic carbocycles. The summed E-state index contributed by atoms with van der Waals surface area (Å²) in [4.78, 5) is 2.28. The zero-order valence-electron chi connectivity index (χ0n) is 10.9. The molecule has 0 bridgehead atoms. The predicted molar refractivity (Wildman–Crippen MR) is 77.6 cm³/mol. The first-order valence-corrected chi connectivity index (χ1v) is 6.97. The number of hydrogen-bond donors (Lipinski definition) is 3. The number of nitrogen functional groups attached to an aromatic ring is 1. The SMILES string of the molecule is N=C(N)c1ccc(CN(CCO)C2CCC2)c(Cl)c1. The fourth-order valence-electron chi connectivity index (χ4n) is 2.33. The van der Waals surface area contributed by atoms with E-state index in [0.29, 0.717) is 23.2 Å². The van der Waals surface area contributed by atoms with Gasteiger partial charge in [-0.1, -0.05) is 30.2 Å². The van der Waals surface area contributed by atoms with Crippen molar-refractivity contribution < 1.29 is 5.11 Å². The van der Waals surface area contributed by atoms with Gasteiger partial charge in [-0.05, 0) is 24.5 Å². The third kappa shape index (κ3) is 3.47. The van der Waals surface area contributed by atoms with Gasteiger partial charge in [0.15, 0.2) is 0 Å². The fourth-order valence-corrected chi connectivity index (χ4v) is 2.57. The summed E-state index contributed by atoms with van der Waals surface area (Å²) >= 11 is 6.24. The minimum atomic E-state index is 0.0275. The average Bonchev–Trinajstić information content (AvgIpc) is 2.29. The number of aliphatic hydroxyl groups is 1. The van der Waals surface area contributed by atoms with E-state index in [1.54, 1.807) is 6.07 Å². The van der Waals surface area contributed by atoms with Crippen LogP contribution >= 0.6 is 11.6 Å². The maximum atomic E-state index is 9.15. The molecule has 0 aromatic heterocycles. The number of amidine groups is 1. The van der Waals surface area contributed by atoms with Gasteiger partial charge in [-0.2, -0.15) is 0 Å². The summed E-state index contributed by atoms with van der Waals surface area (Å²) in [7, 11) is 0. The van der Waals surface area contributed by atoms with Gasteiger partial charge in [-0.25, -0.2) is 0 Å². The van der Waals surface area contributed by atoms with Gasteiger partial charge in [0.1, 0.15) is 5.84 Å². The Morgan fingerprint density at radius 3 is 2.68 bits per heavy atom. The number of benzene rings is 1. The number of nitrogens with one attached hydrogen (secondary N) is 1. The number of aliphatic hydroxyl groups excluding tert-OH is 1. The molecule has 1 aromatic rings. The first-order chi connectivity index (χ1) is 9.11. The number of nitrogens with zero attached hydrogens (tertiary/aromatic N) is 1. The van der Waals surface area contributed by atoms with E-state index in [4.69, 9.17) is 27.9 Å². The van der Waals surface area contributed by atoms with E-state index in [2.05, 4.69) is 4.90 Å². The van der Waals surface area contributed by atoms with Gasteiger partial charge in [0, 0.05) is 29.7 Å². The minimum absolute atomic E-state index is 0.0275. The van der Waals surface area contributed by atoms with Crippen LogP contribution in [0.15, 0.2) is 18.2 Å².